The van der Waals surface area contributed by atoms with Gasteiger partial charge in [0.2, 0.25) is 5.92 Å². The van der Waals surface area contributed by atoms with Crippen LogP contribution in [0.2, 0.25) is 0 Å². The molecular weight excluding hydrogens is 98.1 g/mol. The normalized spacial score (nSPS) is 12.9. The summed E-state index contributed by atoms with van der Waals surface area (Å²) in [6, 6.07) is 0. The van der Waals surface area contributed by atoms with E-state index in [0.29, 0.717) is 0 Å². The van der Waals surface area contributed by atoms with Gasteiger partial charge in [-0.3, -0.25) is 0 Å². The molecule has 0 saturated heterocycles. The second kappa shape index (κ2) is 1.76. The highest BCUT2D eigenvalue weighted by Gasteiger charge is 2.25. The molecule has 7 heavy (non-hydrogen) atoms. The van der Waals surface area contributed by atoms with Crippen LogP contribution in [0.4, 0.5) is 8.78 Å². The van der Waals surface area contributed by atoms with Crippen molar-refractivity contribution in [2.45, 2.75) is 26.7 Å². The van der Waals surface area contributed by atoms with E-state index in [1.165, 1.54) is 13.8 Å². The molecule has 0 aliphatic rings. The van der Waals surface area contributed by atoms with Crippen molar-refractivity contribution < 1.29 is 8.78 Å². The standard InChI is InChI=1S/C5H10F2/c1-4(2)5(3,6)7/h4H,1-3H3. The Kier molecular flexibility index (Phi) is 1.73. The maximum Gasteiger partial charge on any atom is 0.247 e. The minimum absolute atomic E-state index is 0.535. The Bertz CT molecular complexity index is 51.6. The van der Waals surface area contributed by atoms with Gasteiger partial charge in [0.15, 0.2) is 0 Å². The molecule has 44 valence electrons. The highest BCUT2D eigenvalue weighted by Crippen LogP contribution is 2.21. The number of alkyl halides is 2. The molecule has 0 radical (unpaired) electrons. The first-order chi connectivity index (χ1) is 2.94. The predicted octanol–water partition coefficient (Wildman–Crippen LogP) is 2.30. The number of hydrogen-bond donors (Lipinski definition) is 0. The molecule has 0 aromatic heterocycles. The van der Waals surface area contributed by atoms with Crippen molar-refractivity contribution >= 4 is 0 Å². The first kappa shape index (κ1) is 6.86. The molecule has 0 nitrogen and oxygen atoms in total. The largest absolute Gasteiger partial charge is 0.247 e. The van der Waals surface area contributed by atoms with E-state index >= 15 is 0 Å². The van der Waals surface area contributed by atoms with E-state index in [2.05, 4.69) is 0 Å². The van der Waals surface area contributed by atoms with Gasteiger partial charge in [-0.25, -0.2) is 8.78 Å². The van der Waals surface area contributed by atoms with E-state index in [-0.39, 0.29) is 0 Å². The van der Waals surface area contributed by atoms with E-state index in [1.54, 1.807) is 0 Å². The van der Waals surface area contributed by atoms with Gasteiger partial charge < -0.3 is 0 Å². The summed E-state index contributed by atoms with van der Waals surface area (Å²) in [5.74, 6) is -3.03. The maximum absolute atomic E-state index is 11.8. The third kappa shape index (κ3) is 2.54. The average Bonchev–Trinajstić information content (AvgIpc) is 1.31. The third-order valence-electron chi connectivity index (χ3n) is 1.01. The van der Waals surface area contributed by atoms with Crippen molar-refractivity contribution in [3.63, 3.8) is 0 Å². The third-order valence-corrected chi connectivity index (χ3v) is 1.01. The molecule has 0 aliphatic carbocycles. The molecule has 0 atom stereocenters. The van der Waals surface area contributed by atoms with Gasteiger partial charge in [-0.2, -0.15) is 0 Å². The van der Waals surface area contributed by atoms with Crippen LogP contribution in [-0.4, -0.2) is 5.92 Å². The Morgan fingerprint density at radius 2 is 1.43 bits per heavy atom. The molecule has 0 heterocycles. The van der Waals surface area contributed by atoms with Crippen molar-refractivity contribution in [1.82, 2.24) is 0 Å². The van der Waals surface area contributed by atoms with E-state index < -0.39 is 11.8 Å². The lowest BCUT2D eigenvalue weighted by molar-refractivity contribution is -0.0251. The highest BCUT2D eigenvalue weighted by molar-refractivity contribution is 4.60. The van der Waals surface area contributed by atoms with Crippen LogP contribution in [0.5, 0.6) is 0 Å². The minimum atomic E-state index is -2.50. The van der Waals surface area contributed by atoms with Crippen LogP contribution >= 0.6 is 0 Å². The van der Waals surface area contributed by atoms with Crippen molar-refractivity contribution in [3.8, 4) is 0 Å². The van der Waals surface area contributed by atoms with Gasteiger partial charge in [-0.15, -0.1) is 0 Å². The molecule has 0 aromatic rings. The maximum atomic E-state index is 11.8. The SMILES string of the molecule is CC(C)C(C)(F)F. The zero-order valence-corrected chi connectivity index (χ0v) is 4.83. The summed E-state index contributed by atoms with van der Waals surface area (Å²) in [5.41, 5.74) is 0. The first-order valence-electron chi connectivity index (χ1n) is 2.32. The minimum Gasteiger partial charge on any atom is -0.207 e. The van der Waals surface area contributed by atoms with E-state index in [1.807, 2.05) is 0 Å². The van der Waals surface area contributed by atoms with Crippen molar-refractivity contribution in [1.29, 1.82) is 0 Å². The Labute approximate surface area is 42.5 Å². The van der Waals surface area contributed by atoms with Gasteiger partial charge in [0, 0.05) is 5.92 Å². The quantitative estimate of drug-likeness (QED) is 0.483. The summed E-state index contributed by atoms with van der Waals surface area (Å²) in [5, 5.41) is 0. The second-order valence-corrected chi connectivity index (χ2v) is 2.11. The zero-order valence-electron chi connectivity index (χ0n) is 4.83. The Morgan fingerprint density at radius 1 is 1.29 bits per heavy atom. The first-order valence-corrected chi connectivity index (χ1v) is 2.32. The van der Waals surface area contributed by atoms with Crippen molar-refractivity contribution in [3.05, 3.63) is 0 Å². The molecule has 0 N–H and O–H groups in total. The van der Waals surface area contributed by atoms with Gasteiger partial charge >= 0.3 is 0 Å². The monoisotopic (exact) mass is 108 g/mol. The van der Waals surface area contributed by atoms with E-state index in [9.17, 15) is 8.78 Å². The summed E-state index contributed by atoms with van der Waals surface area (Å²) >= 11 is 0. The van der Waals surface area contributed by atoms with Crippen LogP contribution in [0.15, 0.2) is 0 Å². The number of rotatable bonds is 1. The number of halogens is 2. The molecule has 0 rings (SSSR count). The molecule has 0 saturated carbocycles. The predicted molar refractivity (Wildman–Crippen MR) is 25.5 cm³/mol. The fourth-order valence-electron chi connectivity index (χ4n) is 0. The van der Waals surface area contributed by atoms with Gasteiger partial charge in [-0.1, -0.05) is 13.8 Å². The molecule has 0 fully saturated rings. The van der Waals surface area contributed by atoms with Crippen LogP contribution in [-0.2, 0) is 0 Å². The molecule has 0 spiro atoms. The molecule has 0 aliphatic heterocycles. The molecule has 0 unspecified atom stereocenters. The Hall–Kier alpha value is -0.140. The topological polar surface area (TPSA) is 0 Å². The van der Waals surface area contributed by atoms with Crippen LogP contribution in [0.1, 0.15) is 20.8 Å². The van der Waals surface area contributed by atoms with Gasteiger partial charge in [0.25, 0.3) is 0 Å². The summed E-state index contributed by atoms with van der Waals surface area (Å²) < 4.78 is 23.7. The lowest BCUT2D eigenvalue weighted by Crippen LogP contribution is -2.17. The fourth-order valence-corrected chi connectivity index (χ4v) is 0. The summed E-state index contributed by atoms with van der Waals surface area (Å²) in [7, 11) is 0. The zero-order chi connectivity index (χ0) is 6.08. The van der Waals surface area contributed by atoms with Crippen molar-refractivity contribution in [2.75, 3.05) is 0 Å². The smallest absolute Gasteiger partial charge is 0.207 e. The van der Waals surface area contributed by atoms with Crippen LogP contribution < -0.4 is 0 Å². The van der Waals surface area contributed by atoms with Crippen molar-refractivity contribution in [2.24, 2.45) is 5.92 Å². The summed E-state index contributed by atoms with van der Waals surface area (Å²) in [4.78, 5) is 0. The summed E-state index contributed by atoms with van der Waals surface area (Å²) in [6.07, 6.45) is 0. The molecule has 2 heteroatoms. The highest BCUT2D eigenvalue weighted by atomic mass is 19.3. The molecule has 0 bridgehead atoms. The molecule has 0 aromatic carbocycles. The van der Waals surface area contributed by atoms with Crippen LogP contribution in [0.3, 0.4) is 0 Å². The lowest BCUT2D eigenvalue weighted by atomic mass is 10.1. The summed E-state index contributed by atoms with van der Waals surface area (Å²) in [6.45, 7) is 3.93. The Balaban J connectivity index is 3.54. The molecule has 0 amide bonds. The molecular formula is C5H10F2. The number of hydrogen-bond acceptors (Lipinski definition) is 0. The van der Waals surface area contributed by atoms with Gasteiger partial charge in [-0.05, 0) is 6.92 Å². The lowest BCUT2D eigenvalue weighted by Gasteiger charge is -2.12. The Morgan fingerprint density at radius 3 is 1.43 bits per heavy atom. The van der Waals surface area contributed by atoms with E-state index in [4.69, 9.17) is 0 Å². The van der Waals surface area contributed by atoms with Gasteiger partial charge in [0.05, 0.1) is 0 Å². The average molecular weight is 108 g/mol. The van der Waals surface area contributed by atoms with Crippen LogP contribution in [0, 0.1) is 5.92 Å². The van der Waals surface area contributed by atoms with Crippen LogP contribution in [0.25, 0.3) is 0 Å². The fraction of sp³-hybridized carbons (Fsp3) is 1.00. The van der Waals surface area contributed by atoms with E-state index in [0.717, 1.165) is 6.92 Å². The van der Waals surface area contributed by atoms with Gasteiger partial charge in [0.1, 0.15) is 0 Å². The second-order valence-electron chi connectivity index (χ2n) is 2.11.